The molecule has 3 aromatic heterocycles. The van der Waals surface area contributed by atoms with E-state index in [9.17, 15) is 4.79 Å². The minimum Gasteiger partial charge on any atom is -0.341 e. The lowest BCUT2D eigenvalue weighted by atomic mass is 10.1. The van der Waals surface area contributed by atoms with E-state index >= 15 is 0 Å². The third-order valence-corrected chi connectivity index (χ3v) is 5.39. The highest BCUT2D eigenvalue weighted by atomic mass is 32.1. The van der Waals surface area contributed by atoms with Crippen molar-refractivity contribution in [2.45, 2.75) is 6.42 Å². The van der Waals surface area contributed by atoms with Crippen LogP contribution in [0.5, 0.6) is 0 Å². The van der Waals surface area contributed by atoms with E-state index in [1.807, 2.05) is 73.1 Å². The van der Waals surface area contributed by atoms with Gasteiger partial charge in [0.15, 0.2) is 0 Å². The minimum atomic E-state index is 0.00216. The van der Waals surface area contributed by atoms with Gasteiger partial charge in [0, 0.05) is 37.3 Å². The number of rotatable bonds is 5. The van der Waals surface area contributed by atoms with Crippen LogP contribution in [-0.2, 0) is 6.42 Å². The van der Waals surface area contributed by atoms with Crippen LogP contribution in [0.1, 0.15) is 16.1 Å². The maximum absolute atomic E-state index is 13.2. The summed E-state index contributed by atoms with van der Waals surface area (Å²) in [7, 11) is 1.84. The molecular formula is C22H19N3OS. The molecule has 0 N–H and O–H groups in total. The molecule has 1 aromatic carbocycles. The quantitative estimate of drug-likeness (QED) is 0.510. The van der Waals surface area contributed by atoms with Crippen LogP contribution in [0.2, 0.25) is 0 Å². The highest BCUT2D eigenvalue weighted by molar-refractivity contribution is 7.13. The van der Waals surface area contributed by atoms with Crippen molar-refractivity contribution in [2.24, 2.45) is 0 Å². The zero-order chi connectivity index (χ0) is 18.6. The molecule has 0 spiro atoms. The van der Waals surface area contributed by atoms with Crippen LogP contribution in [0.3, 0.4) is 0 Å². The number of para-hydroxylation sites is 1. The predicted octanol–water partition coefficient (Wildman–Crippen LogP) is 4.67. The minimum absolute atomic E-state index is 0.00216. The van der Waals surface area contributed by atoms with Crippen LogP contribution in [0.25, 0.3) is 21.5 Å². The second kappa shape index (κ2) is 7.68. The number of carbonyl (C=O) groups excluding carboxylic acids is 1. The zero-order valence-electron chi connectivity index (χ0n) is 15.0. The summed E-state index contributed by atoms with van der Waals surface area (Å²) in [6, 6.07) is 19.6. The summed E-state index contributed by atoms with van der Waals surface area (Å²) in [5.41, 5.74) is 3.35. The van der Waals surface area contributed by atoms with Crippen LogP contribution in [0.15, 0.2) is 72.2 Å². The summed E-state index contributed by atoms with van der Waals surface area (Å²) in [6.07, 6.45) is 2.50. The molecule has 0 fully saturated rings. The summed E-state index contributed by atoms with van der Waals surface area (Å²) in [5.74, 6) is 0.00216. The smallest absolute Gasteiger partial charge is 0.254 e. The van der Waals surface area contributed by atoms with Gasteiger partial charge in [0.05, 0.1) is 21.7 Å². The van der Waals surface area contributed by atoms with E-state index in [0.717, 1.165) is 33.6 Å². The lowest BCUT2D eigenvalue weighted by Crippen LogP contribution is -2.29. The zero-order valence-corrected chi connectivity index (χ0v) is 15.8. The molecule has 0 bridgehead atoms. The second-order valence-electron chi connectivity index (χ2n) is 6.35. The number of amides is 1. The molecule has 134 valence electrons. The van der Waals surface area contributed by atoms with E-state index in [1.165, 1.54) is 0 Å². The molecule has 0 atom stereocenters. The van der Waals surface area contributed by atoms with Crippen molar-refractivity contribution >= 4 is 28.1 Å². The van der Waals surface area contributed by atoms with E-state index in [-0.39, 0.29) is 5.91 Å². The van der Waals surface area contributed by atoms with E-state index in [1.54, 1.807) is 22.4 Å². The lowest BCUT2D eigenvalue weighted by molar-refractivity contribution is 0.0798. The van der Waals surface area contributed by atoms with Crippen LogP contribution in [0, 0.1) is 0 Å². The lowest BCUT2D eigenvalue weighted by Gasteiger charge is -2.18. The summed E-state index contributed by atoms with van der Waals surface area (Å²) in [4.78, 5) is 25.1. The fourth-order valence-electron chi connectivity index (χ4n) is 3.04. The number of fused-ring (bicyclic) bond motifs is 1. The van der Waals surface area contributed by atoms with Gasteiger partial charge in [0.2, 0.25) is 0 Å². The first-order chi connectivity index (χ1) is 13.2. The summed E-state index contributed by atoms with van der Waals surface area (Å²) in [5, 5.41) is 2.90. The Morgan fingerprint density at radius 3 is 2.70 bits per heavy atom. The van der Waals surface area contributed by atoms with E-state index < -0.39 is 0 Å². The van der Waals surface area contributed by atoms with Gasteiger partial charge in [-0.25, -0.2) is 4.98 Å². The fraction of sp³-hybridized carbons (Fsp3) is 0.136. The number of carbonyl (C=O) groups is 1. The second-order valence-corrected chi connectivity index (χ2v) is 7.29. The molecule has 0 saturated heterocycles. The van der Waals surface area contributed by atoms with Gasteiger partial charge < -0.3 is 4.90 Å². The van der Waals surface area contributed by atoms with E-state index in [2.05, 4.69) is 4.98 Å². The Bertz CT molecular complexity index is 1060. The molecule has 4 rings (SSSR count). The van der Waals surface area contributed by atoms with E-state index in [4.69, 9.17) is 4.98 Å². The van der Waals surface area contributed by atoms with Gasteiger partial charge in [-0.1, -0.05) is 30.3 Å². The third-order valence-electron chi connectivity index (χ3n) is 4.50. The standard InChI is InChI=1S/C22H19N3OS/c1-25(13-11-16-7-4-5-12-23-16)22(26)18-15-20(21-10-6-14-27-21)24-19-9-3-2-8-17(18)19/h2-10,12,14-15H,11,13H2,1H3. The maximum atomic E-state index is 13.2. The molecule has 0 unspecified atom stereocenters. The number of nitrogens with zero attached hydrogens (tertiary/aromatic N) is 3. The third kappa shape index (κ3) is 3.73. The number of benzene rings is 1. The highest BCUT2D eigenvalue weighted by Crippen LogP contribution is 2.28. The van der Waals surface area contributed by atoms with Crippen molar-refractivity contribution in [1.29, 1.82) is 0 Å². The fourth-order valence-corrected chi connectivity index (χ4v) is 3.72. The Hall–Kier alpha value is -3.05. The van der Waals surface area contributed by atoms with Crippen LogP contribution in [-0.4, -0.2) is 34.4 Å². The average Bonchev–Trinajstić information content (AvgIpc) is 3.26. The van der Waals surface area contributed by atoms with Crippen molar-refractivity contribution in [3.63, 3.8) is 0 Å². The predicted molar refractivity (Wildman–Crippen MR) is 110 cm³/mol. The Morgan fingerprint density at radius 1 is 1.07 bits per heavy atom. The van der Waals surface area contributed by atoms with Crippen molar-refractivity contribution < 1.29 is 4.79 Å². The van der Waals surface area contributed by atoms with Gasteiger partial charge in [-0.3, -0.25) is 9.78 Å². The molecule has 3 heterocycles. The van der Waals surface area contributed by atoms with Crippen LogP contribution >= 0.6 is 11.3 Å². The van der Waals surface area contributed by atoms with Gasteiger partial charge in [0.25, 0.3) is 5.91 Å². The molecule has 0 aliphatic carbocycles. The molecule has 0 aliphatic rings. The van der Waals surface area contributed by atoms with Gasteiger partial charge in [-0.15, -0.1) is 11.3 Å². The molecule has 27 heavy (non-hydrogen) atoms. The summed E-state index contributed by atoms with van der Waals surface area (Å²) in [6.45, 7) is 0.612. The van der Waals surface area contributed by atoms with Crippen LogP contribution < -0.4 is 0 Å². The van der Waals surface area contributed by atoms with Gasteiger partial charge >= 0.3 is 0 Å². The Labute approximate surface area is 162 Å². The van der Waals surface area contributed by atoms with Crippen molar-refractivity contribution in [1.82, 2.24) is 14.9 Å². The Balaban J connectivity index is 1.66. The molecule has 1 amide bonds. The van der Waals surface area contributed by atoms with E-state index in [0.29, 0.717) is 12.1 Å². The molecule has 0 radical (unpaired) electrons. The molecule has 0 aliphatic heterocycles. The van der Waals surface area contributed by atoms with Crippen LogP contribution in [0.4, 0.5) is 0 Å². The Morgan fingerprint density at radius 2 is 1.93 bits per heavy atom. The summed E-state index contributed by atoms with van der Waals surface area (Å²) >= 11 is 1.63. The number of aromatic nitrogens is 2. The molecule has 0 saturated carbocycles. The summed E-state index contributed by atoms with van der Waals surface area (Å²) < 4.78 is 0. The van der Waals surface area contributed by atoms with Crippen molar-refractivity contribution in [3.8, 4) is 10.6 Å². The van der Waals surface area contributed by atoms with Crippen molar-refractivity contribution in [2.75, 3.05) is 13.6 Å². The van der Waals surface area contributed by atoms with Gasteiger partial charge in [0.1, 0.15) is 0 Å². The van der Waals surface area contributed by atoms with Gasteiger partial charge in [-0.2, -0.15) is 0 Å². The SMILES string of the molecule is CN(CCc1ccccn1)C(=O)c1cc(-c2cccs2)nc2ccccc12. The molecule has 4 aromatic rings. The van der Waals surface area contributed by atoms with Crippen molar-refractivity contribution in [3.05, 3.63) is 83.5 Å². The Kier molecular flexibility index (Phi) is 4.94. The number of likely N-dealkylation sites (N-methyl/N-ethyl adjacent to an activating group) is 1. The first kappa shape index (κ1) is 17.4. The number of hydrogen-bond acceptors (Lipinski definition) is 4. The maximum Gasteiger partial charge on any atom is 0.254 e. The number of thiophene rings is 1. The molecular weight excluding hydrogens is 354 g/mol. The molecule has 4 nitrogen and oxygen atoms in total. The number of hydrogen-bond donors (Lipinski definition) is 0. The topological polar surface area (TPSA) is 46.1 Å². The normalized spacial score (nSPS) is 10.9. The average molecular weight is 373 g/mol. The first-order valence-corrected chi connectivity index (χ1v) is 9.69. The number of pyridine rings is 2. The van der Waals surface area contributed by atoms with Gasteiger partial charge in [-0.05, 0) is 35.7 Å². The largest absolute Gasteiger partial charge is 0.341 e. The highest BCUT2D eigenvalue weighted by Gasteiger charge is 2.17. The first-order valence-electron chi connectivity index (χ1n) is 8.81. The monoisotopic (exact) mass is 373 g/mol. The molecule has 5 heteroatoms.